The Labute approximate surface area is 99.0 Å². The fourth-order valence-corrected chi connectivity index (χ4v) is 2.06. The third-order valence-electron chi connectivity index (χ3n) is 2.93. The number of nitrogens with zero attached hydrogens (tertiary/aromatic N) is 1. The molecule has 1 fully saturated rings. The largest absolute Gasteiger partial charge is 0.365 e. The average molecular weight is 227 g/mol. The summed E-state index contributed by atoms with van der Waals surface area (Å²) in [6.07, 6.45) is 0.522. The molecule has 2 aromatic rings. The van der Waals surface area contributed by atoms with Gasteiger partial charge in [0.25, 0.3) is 0 Å². The molecular weight excluding hydrogens is 214 g/mol. The Hall–Kier alpha value is -2.10. The molecule has 4 nitrogen and oxygen atoms in total. The van der Waals surface area contributed by atoms with Crippen molar-refractivity contribution in [2.75, 3.05) is 11.9 Å². The molecule has 2 N–H and O–H groups in total. The standard InChI is InChI=1S/C13H13N3O/c17-13-7-10(8-14-13)15-12-6-5-9-3-1-2-4-11(9)16-12/h1-6,10H,7-8H2,(H,14,17)(H,15,16). The number of anilines is 1. The molecule has 2 heterocycles. The number of carbonyl (C=O) groups excluding carboxylic acids is 1. The molecular formula is C13H13N3O. The van der Waals surface area contributed by atoms with Crippen molar-refractivity contribution in [3.05, 3.63) is 36.4 Å². The second-order valence-electron chi connectivity index (χ2n) is 4.24. The van der Waals surface area contributed by atoms with Gasteiger partial charge in [0.2, 0.25) is 5.91 Å². The van der Waals surface area contributed by atoms with Gasteiger partial charge < -0.3 is 10.6 Å². The molecule has 0 spiro atoms. The molecule has 1 aromatic carbocycles. The monoisotopic (exact) mass is 227 g/mol. The second-order valence-corrected chi connectivity index (χ2v) is 4.24. The SMILES string of the molecule is O=C1CC(Nc2ccc3ccccc3n2)CN1. The lowest BCUT2D eigenvalue weighted by Gasteiger charge is -2.11. The van der Waals surface area contributed by atoms with E-state index in [0.717, 1.165) is 16.7 Å². The predicted octanol–water partition coefficient (Wildman–Crippen LogP) is 1.54. The number of carbonyl (C=O) groups is 1. The van der Waals surface area contributed by atoms with Gasteiger partial charge >= 0.3 is 0 Å². The minimum absolute atomic E-state index is 0.100. The number of hydrogen-bond donors (Lipinski definition) is 2. The van der Waals surface area contributed by atoms with Crippen LogP contribution in [0.2, 0.25) is 0 Å². The van der Waals surface area contributed by atoms with Crippen LogP contribution in [0.4, 0.5) is 5.82 Å². The van der Waals surface area contributed by atoms with Gasteiger partial charge in [-0.2, -0.15) is 0 Å². The van der Waals surface area contributed by atoms with Gasteiger partial charge in [0.1, 0.15) is 5.82 Å². The third-order valence-corrected chi connectivity index (χ3v) is 2.93. The summed E-state index contributed by atoms with van der Waals surface area (Å²) < 4.78 is 0. The lowest BCUT2D eigenvalue weighted by Crippen LogP contribution is -2.22. The summed E-state index contributed by atoms with van der Waals surface area (Å²) in [5.74, 6) is 0.925. The molecule has 1 saturated heterocycles. The van der Waals surface area contributed by atoms with Gasteiger partial charge in [-0.25, -0.2) is 4.98 Å². The lowest BCUT2D eigenvalue weighted by molar-refractivity contribution is -0.119. The lowest BCUT2D eigenvalue weighted by atomic mass is 10.2. The topological polar surface area (TPSA) is 54.0 Å². The molecule has 1 aliphatic heterocycles. The highest BCUT2D eigenvalue weighted by Gasteiger charge is 2.21. The van der Waals surface area contributed by atoms with Crippen molar-refractivity contribution in [3.63, 3.8) is 0 Å². The smallest absolute Gasteiger partial charge is 0.222 e. The van der Waals surface area contributed by atoms with Gasteiger partial charge in [0.05, 0.1) is 11.6 Å². The zero-order valence-corrected chi connectivity index (χ0v) is 9.31. The molecule has 17 heavy (non-hydrogen) atoms. The quantitative estimate of drug-likeness (QED) is 0.818. The summed E-state index contributed by atoms with van der Waals surface area (Å²) in [6.45, 7) is 0.674. The zero-order valence-electron chi connectivity index (χ0n) is 9.31. The minimum Gasteiger partial charge on any atom is -0.365 e. The zero-order chi connectivity index (χ0) is 11.7. The van der Waals surface area contributed by atoms with Crippen LogP contribution in [0.1, 0.15) is 6.42 Å². The van der Waals surface area contributed by atoms with Crippen molar-refractivity contribution < 1.29 is 4.79 Å². The second kappa shape index (κ2) is 4.05. The Morgan fingerprint density at radius 1 is 1.24 bits per heavy atom. The Morgan fingerprint density at radius 3 is 2.94 bits per heavy atom. The van der Waals surface area contributed by atoms with Crippen LogP contribution in [0, 0.1) is 0 Å². The first-order valence-electron chi connectivity index (χ1n) is 5.70. The first-order valence-corrected chi connectivity index (χ1v) is 5.70. The van der Waals surface area contributed by atoms with Crippen LogP contribution < -0.4 is 10.6 Å². The average Bonchev–Trinajstić information content (AvgIpc) is 2.75. The molecule has 0 bridgehead atoms. The van der Waals surface area contributed by atoms with Gasteiger partial charge in [0.15, 0.2) is 0 Å². The van der Waals surface area contributed by atoms with Crippen LogP contribution in [0.25, 0.3) is 10.9 Å². The van der Waals surface area contributed by atoms with Crippen molar-refractivity contribution >= 4 is 22.6 Å². The third kappa shape index (κ3) is 2.06. The van der Waals surface area contributed by atoms with Crippen LogP contribution in [-0.2, 0) is 4.79 Å². The summed E-state index contributed by atoms with van der Waals surface area (Å²) in [4.78, 5) is 15.6. The number of pyridine rings is 1. The van der Waals surface area contributed by atoms with Crippen LogP contribution in [-0.4, -0.2) is 23.5 Å². The van der Waals surface area contributed by atoms with E-state index in [4.69, 9.17) is 0 Å². The molecule has 1 amide bonds. The number of para-hydroxylation sites is 1. The Kier molecular flexibility index (Phi) is 2.40. The normalized spacial score (nSPS) is 19.3. The van der Waals surface area contributed by atoms with Crippen LogP contribution in [0.15, 0.2) is 36.4 Å². The number of aromatic nitrogens is 1. The molecule has 0 radical (unpaired) electrons. The fourth-order valence-electron chi connectivity index (χ4n) is 2.06. The highest BCUT2D eigenvalue weighted by atomic mass is 16.1. The molecule has 3 rings (SSSR count). The van der Waals surface area contributed by atoms with Gasteiger partial charge in [-0.05, 0) is 18.2 Å². The molecule has 0 aliphatic carbocycles. The highest BCUT2D eigenvalue weighted by molar-refractivity contribution is 5.81. The van der Waals surface area contributed by atoms with Crippen molar-refractivity contribution in [3.8, 4) is 0 Å². The van der Waals surface area contributed by atoms with Crippen molar-refractivity contribution in [1.82, 2.24) is 10.3 Å². The van der Waals surface area contributed by atoms with E-state index in [1.54, 1.807) is 0 Å². The van der Waals surface area contributed by atoms with Crippen LogP contribution in [0.3, 0.4) is 0 Å². The summed E-state index contributed by atoms with van der Waals surface area (Å²) >= 11 is 0. The van der Waals surface area contributed by atoms with E-state index in [0.29, 0.717) is 13.0 Å². The maximum absolute atomic E-state index is 11.1. The van der Waals surface area contributed by atoms with Gasteiger partial charge in [0, 0.05) is 18.4 Å². The Balaban J connectivity index is 1.83. The van der Waals surface area contributed by atoms with Crippen LogP contribution in [0.5, 0.6) is 0 Å². The van der Waals surface area contributed by atoms with Crippen molar-refractivity contribution in [1.29, 1.82) is 0 Å². The van der Waals surface area contributed by atoms with E-state index < -0.39 is 0 Å². The number of fused-ring (bicyclic) bond motifs is 1. The van der Waals surface area contributed by atoms with Gasteiger partial charge in [-0.3, -0.25) is 4.79 Å². The number of benzene rings is 1. The van der Waals surface area contributed by atoms with Crippen molar-refractivity contribution in [2.45, 2.75) is 12.5 Å². The molecule has 4 heteroatoms. The number of amides is 1. The van der Waals surface area contributed by atoms with E-state index in [1.165, 1.54) is 0 Å². The molecule has 1 unspecified atom stereocenters. The van der Waals surface area contributed by atoms with Gasteiger partial charge in [-0.1, -0.05) is 18.2 Å². The Bertz CT molecular complexity index is 567. The van der Waals surface area contributed by atoms with E-state index >= 15 is 0 Å². The highest BCUT2D eigenvalue weighted by Crippen LogP contribution is 2.16. The fraction of sp³-hybridized carbons (Fsp3) is 0.231. The summed E-state index contributed by atoms with van der Waals surface area (Å²) in [6, 6.07) is 12.1. The molecule has 0 saturated carbocycles. The summed E-state index contributed by atoms with van der Waals surface area (Å²) in [5, 5.41) is 7.19. The maximum atomic E-state index is 11.1. The molecule has 1 aliphatic rings. The number of nitrogens with one attached hydrogen (secondary N) is 2. The predicted molar refractivity (Wildman–Crippen MR) is 66.8 cm³/mol. The van der Waals surface area contributed by atoms with Crippen LogP contribution >= 0.6 is 0 Å². The van der Waals surface area contributed by atoms with E-state index in [-0.39, 0.29) is 11.9 Å². The van der Waals surface area contributed by atoms with Gasteiger partial charge in [-0.15, -0.1) is 0 Å². The molecule has 86 valence electrons. The Morgan fingerprint density at radius 2 is 2.12 bits per heavy atom. The van der Waals surface area contributed by atoms with E-state index in [2.05, 4.69) is 15.6 Å². The number of rotatable bonds is 2. The van der Waals surface area contributed by atoms with E-state index in [9.17, 15) is 4.79 Å². The first kappa shape index (κ1) is 10.1. The minimum atomic E-state index is 0.100. The first-order chi connectivity index (χ1) is 8.31. The summed E-state index contributed by atoms with van der Waals surface area (Å²) in [5.41, 5.74) is 0.967. The van der Waals surface area contributed by atoms with Crippen molar-refractivity contribution in [2.24, 2.45) is 0 Å². The molecule has 1 aromatic heterocycles. The summed E-state index contributed by atoms with van der Waals surface area (Å²) in [7, 11) is 0. The van der Waals surface area contributed by atoms with E-state index in [1.807, 2.05) is 36.4 Å². The maximum Gasteiger partial charge on any atom is 0.222 e. The molecule has 1 atom stereocenters. The number of hydrogen-bond acceptors (Lipinski definition) is 3.